The zero-order valence-corrected chi connectivity index (χ0v) is 12.3. The van der Waals surface area contributed by atoms with Gasteiger partial charge >= 0.3 is 0 Å². The van der Waals surface area contributed by atoms with Crippen LogP contribution < -0.4 is 4.74 Å². The van der Waals surface area contributed by atoms with Crippen LogP contribution >= 0.6 is 0 Å². The van der Waals surface area contributed by atoms with Gasteiger partial charge in [0.15, 0.2) is 5.79 Å². The number of hydrogen-bond acceptors (Lipinski definition) is 4. The first-order valence-electron chi connectivity index (χ1n) is 7.29. The maximum atomic E-state index is 10.2. The second kappa shape index (κ2) is 7.07. The molecule has 0 bridgehead atoms. The molecule has 4 nitrogen and oxygen atoms in total. The van der Waals surface area contributed by atoms with Crippen molar-refractivity contribution in [3.05, 3.63) is 29.8 Å². The molecule has 4 heteroatoms. The molecule has 0 aromatic heterocycles. The average molecular weight is 280 g/mol. The minimum atomic E-state index is -1.31. The Morgan fingerprint density at radius 3 is 2.40 bits per heavy atom. The standard InChI is InChI=1S/C16H24O4/c1-16(17,20-19-15-6-4-3-5-7-15)12-13-8-10-14(18-2)11-9-13/h8-11,15,17H,3-7,12H2,1-2H3. The van der Waals surface area contributed by atoms with Crippen molar-refractivity contribution in [2.45, 2.75) is 57.3 Å². The van der Waals surface area contributed by atoms with Crippen molar-refractivity contribution in [1.29, 1.82) is 0 Å². The van der Waals surface area contributed by atoms with E-state index >= 15 is 0 Å². The summed E-state index contributed by atoms with van der Waals surface area (Å²) in [6, 6.07) is 7.56. The van der Waals surface area contributed by atoms with Gasteiger partial charge in [0, 0.05) is 6.42 Å². The van der Waals surface area contributed by atoms with Gasteiger partial charge in [0.25, 0.3) is 0 Å². The molecule has 0 radical (unpaired) electrons. The first-order chi connectivity index (χ1) is 9.59. The molecular formula is C16H24O4. The molecule has 112 valence electrons. The summed E-state index contributed by atoms with van der Waals surface area (Å²) in [5.41, 5.74) is 0.975. The minimum Gasteiger partial charge on any atom is -0.497 e. The Hall–Kier alpha value is -1.10. The molecule has 1 saturated carbocycles. The summed E-state index contributed by atoms with van der Waals surface area (Å²) in [6.07, 6.45) is 6.14. The van der Waals surface area contributed by atoms with Gasteiger partial charge in [-0.25, -0.2) is 9.78 Å². The van der Waals surface area contributed by atoms with Crippen molar-refractivity contribution in [1.82, 2.24) is 0 Å². The van der Waals surface area contributed by atoms with E-state index in [2.05, 4.69) is 0 Å². The van der Waals surface area contributed by atoms with Gasteiger partial charge < -0.3 is 9.84 Å². The van der Waals surface area contributed by atoms with E-state index in [9.17, 15) is 5.11 Å². The van der Waals surface area contributed by atoms with E-state index in [4.69, 9.17) is 14.5 Å². The van der Waals surface area contributed by atoms with Crippen LogP contribution in [0, 0.1) is 0 Å². The maximum Gasteiger partial charge on any atom is 0.200 e. The monoisotopic (exact) mass is 280 g/mol. The molecular weight excluding hydrogens is 256 g/mol. The van der Waals surface area contributed by atoms with E-state index in [0.29, 0.717) is 6.42 Å². The van der Waals surface area contributed by atoms with Crippen LogP contribution in [0.5, 0.6) is 5.75 Å². The normalized spacial score (nSPS) is 19.6. The van der Waals surface area contributed by atoms with E-state index in [-0.39, 0.29) is 6.10 Å². The van der Waals surface area contributed by atoms with Crippen LogP contribution in [0.25, 0.3) is 0 Å². The average Bonchev–Trinajstić information content (AvgIpc) is 2.47. The van der Waals surface area contributed by atoms with E-state index in [1.54, 1.807) is 14.0 Å². The van der Waals surface area contributed by atoms with Gasteiger partial charge in [-0.3, -0.25) is 0 Å². The molecule has 1 unspecified atom stereocenters. The molecule has 1 aliphatic rings. The largest absolute Gasteiger partial charge is 0.497 e. The molecule has 1 fully saturated rings. The smallest absolute Gasteiger partial charge is 0.200 e. The first kappa shape index (κ1) is 15.3. The molecule has 0 spiro atoms. The number of benzene rings is 1. The summed E-state index contributed by atoms with van der Waals surface area (Å²) >= 11 is 0. The number of hydrogen-bond donors (Lipinski definition) is 1. The molecule has 20 heavy (non-hydrogen) atoms. The van der Waals surface area contributed by atoms with Crippen LogP contribution in [0.3, 0.4) is 0 Å². The predicted molar refractivity (Wildman–Crippen MR) is 76.4 cm³/mol. The lowest BCUT2D eigenvalue weighted by atomic mass is 9.98. The summed E-state index contributed by atoms with van der Waals surface area (Å²) in [7, 11) is 1.63. The van der Waals surface area contributed by atoms with Gasteiger partial charge in [-0.15, -0.1) is 0 Å². The molecule has 1 aliphatic carbocycles. The summed E-state index contributed by atoms with van der Waals surface area (Å²) < 4.78 is 5.11. The lowest BCUT2D eigenvalue weighted by molar-refractivity contribution is -0.433. The van der Waals surface area contributed by atoms with Gasteiger partial charge in [0.1, 0.15) is 5.75 Å². The molecule has 0 amide bonds. The number of methoxy groups -OCH3 is 1. The Kier molecular flexibility index (Phi) is 5.40. The first-order valence-corrected chi connectivity index (χ1v) is 7.29. The van der Waals surface area contributed by atoms with Crippen LogP contribution in [-0.4, -0.2) is 24.1 Å². The van der Waals surface area contributed by atoms with Gasteiger partial charge in [0.05, 0.1) is 13.2 Å². The number of aliphatic hydroxyl groups is 1. The fourth-order valence-electron chi connectivity index (χ4n) is 2.48. The third kappa shape index (κ3) is 4.78. The van der Waals surface area contributed by atoms with Gasteiger partial charge in [-0.05, 0) is 37.5 Å². The summed E-state index contributed by atoms with van der Waals surface area (Å²) in [6.45, 7) is 1.63. The second-order valence-electron chi connectivity index (χ2n) is 5.64. The summed E-state index contributed by atoms with van der Waals surface area (Å²) in [4.78, 5) is 10.6. The third-order valence-corrected chi connectivity index (χ3v) is 3.61. The van der Waals surface area contributed by atoms with E-state index < -0.39 is 5.79 Å². The highest BCUT2D eigenvalue weighted by molar-refractivity contribution is 5.27. The Balaban J connectivity index is 1.82. The van der Waals surface area contributed by atoms with Crippen LogP contribution in [0.15, 0.2) is 24.3 Å². The van der Waals surface area contributed by atoms with Crippen molar-refractivity contribution in [3.63, 3.8) is 0 Å². The van der Waals surface area contributed by atoms with Crippen molar-refractivity contribution >= 4 is 0 Å². The molecule has 1 N–H and O–H groups in total. The summed E-state index contributed by atoms with van der Waals surface area (Å²) in [5, 5.41) is 10.2. The highest BCUT2D eigenvalue weighted by Crippen LogP contribution is 2.24. The van der Waals surface area contributed by atoms with Crippen molar-refractivity contribution in [3.8, 4) is 5.75 Å². The zero-order valence-electron chi connectivity index (χ0n) is 12.3. The quantitative estimate of drug-likeness (QED) is 0.494. The van der Waals surface area contributed by atoms with Crippen LogP contribution in [0.1, 0.15) is 44.6 Å². The lowest BCUT2D eigenvalue weighted by Gasteiger charge is -2.27. The molecule has 0 saturated heterocycles. The highest BCUT2D eigenvalue weighted by atomic mass is 17.2. The van der Waals surface area contributed by atoms with E-state index in [1.807, 2.05) is 24.3 Å². The fourth-order valence-corrected chi connectivity index (χ4v) is 2.48. The van der Waals surface area contributed by atoms with Crippen LogP contribution in [-0.2, 0) is 16.2 Å². The third-order valence-electron chi connectivity index (χ3n) is 3.61. The molecule has 0 aliphatic heterocycles. The Morgan fingerprint density at radius 2 is 1.80 bits per heavy atom. The van der Waals surface area contributed by atoms with Crippen molar-refractivity contribution in [2.24, 2.45) is 0 Å². The number of ether oxygens (including phenoxy) is 1. The SMILES string of the molecule is COc1ccc(CC(C)(O)OOC2CCCCC2)cc1. The van der Waals surface area contributed by atoms with Gasteiger partial charge in [-0.2, -0.15) is 0 Å². The molecule has 2 rings (SSSR count). The van der Waals surface area contributed by atoms with E-state index in [0.717, 1.165) is 24.2 Å². The van der Waals surface area contributed by atoms with E-state index in [1.165, 1.54) is 19.3 Å². The lowest BCUT2D eigenvalue weighted by Crippen LogP contribution is -2.33. The van der Waals surface area contributed by atoms with Gasteiger partial charge in [0.2, 0.25) is 0 Å². The van der Waals surface area contributed by atoms with Crippen LogP contribution in [0.4, 0.5) is 0 Å². The Labute approximate surface area is 120 Å². The van der Waals surface area contributed by atoms with Crippen molar-refractivity contribution < 1.29 is 19.6 Å². The second-order valence-corrected chi connectivity index (χ2v) is 5.64. The summed E-state index contributed by atoms with van der Waals surface area (Å²) in [5.74, 6) is -0.515. The molecule has 0 heterocycles. The van der Waals surface area contributed by atoms with Crippen LogP contribution in [0.2, 0.25) is 0 Å². The Morgan fingerprint density at radius 1 is 1.15 bits per heavy atom. The van der Waals surface area contributed by atoms with Crippen molar-refractivity contribution in [2.75, 3.05) is 7.11 Å². The number of rotatable bonds is 6. The highest BCUT2D eigenvalue weighted by Gasteiger charge is 2.26. The molecule has 1 atom stereocenters. The Bertz CT molecular complexity index is 393. The maximum absolute atomic E-state index is 10.2. The molecule has 1 aromatic rings. The zero-order chi connectivity index (χ0) is 14.4. The minimum absolute atomic E-state index is 0.117. The molecule has 1 aromatic carbocycles. The van der Waals surface area contributed by atoms with Gasteiger partial charge in [-0.1, -0.05) is 31.4 Å². The predicted octanol–water partition coefficient (Wildman–Crippen LogP) is 3.23. The fraction of sp³-hybridized carbons (Fsp3) is 0.625. The topological polar surface area (TPSA) is 47.9 Å².